The van der Waals surface area contributed by atoms with Gasteiger partial charge in [0.2, 0.25) is 0 Å². The molecule has 0 saturated carbocycles. The predicted molar refractivity (Wildman–Crippen MR) is 122 cm³/mol. The van der Waals surface area contributed by atoms with Crippen LogP contribution in [-0.4, -0.2) is 0 Å². The van der Waals surface area contributed by atoms with Gasteiger partial charge in [0, 0.05) is 15.7 Å². The standard InChI is InChI=1S/C24H20BrN3O/c1-17(28-23-10-6-5-9-22(23)27)20(15-26)13-19-14-21(25)11-12-24(19)29-16-18-7-3-2-4-8-18/h2-14,28H,1,16,27H2/b20-13+. The third-order valence-electron chi connectivity index (χ3n) is 4.20. The fourth-order valence-corrected chi connectivity index (χ4v) is 3.06. The maximum Gasteiger partial charge on any atom is 0.127 e. The molecular formula is C24H20BrN3O. The third-order valence-corrected chi connectivity index (χ3v) is 4.69. The van der Waals surface area contributed by atoms with Crippen molar-refractivity contribution in [2.24, 2.45) is 0 Å². The van der Waals surface area contributed by atoms with Gasteiger partial charge in [-0.1, -0.05) is 65.0 Å². The van der Waals surface area contributed by atoms with Crippen LogP contribution in [0.25, 0.3) is 6.08 Å². The molecule has 0 spiro atoms. The number of para-hydroxylation sites is 2. The number of rotatable bonds is 7. The SMILES string of the molecule is C=C(Nc1ccccc1N)/C(C#N)=C/c1cc(Br)ccc1OCc1ccccc1. The van der Waals surface area contributed by atoms with Gasteiger partial charge in [-0.2, -0.15) is 5.26 Å². The Balaban J connectivity index is 1.84. The van der Waals surface area contributed by atoms with E-state index >= 15 is 0 Å². The molecule has 0 saturated heterocycles. The van der Waals surface area contributed by atoms with Gasteiger partial charge in [-0.05, 0) is 42.0 Å². The van der Waals surface area contributed by atoms with Crippen LogP contribution in [0, 0.1) is 11.3 Å². The number of nitriles is 1. The Kier molecular flexibility index (Phi) is 6.72. The summed E-state index contributed by atoms with van der Waals surface area (Å²) < 4.78 is 6.88. The van der Waals surface area contributed by atoms with Crippen molar-refractivity contribution in [3.05, 3.63) is 106 Å². The lowest BCUT2D eigenvalue weighted by atomic mass is 10.1. The van der Waals surface area contributed by atoms with Crippen molar-refractivity contribution in [2.75, 3.05) is 11.1 Å². The van der Waals surface area contributed by atoms with Crippen molar-refractivity contribution >= 4 is 33.4 Å². The average Bonchev–Trinajstić information content (AvgIpc) is 2.73. The summed E-state index contributed by atoms with van der Waals surface area (Å²) in [4.78, 5) is 0. The van der Waals surface area contributed by atoms with E-state index in [1.807, 2.05) is 66.7 Å². The second-order valence-electron chi connectivity index (χ2n) is 6.32. The smallest absolute Gasteiger partial charge is 0.127 e. The summed E-state index contributed by atoms with van der Waals surface area (Å²) >= 11 is 3.48. The Bertz CT molecular complexity index is 1080. The topological polar surface area (TPSA) is 71.1 Å². The first-order valence-corrected chi connectivity index (χ1v) is 9.75. The van der Waals surface area contributed by atoms with Crippen LogP contribution in [0.5, 0.6) is 5.75 Å². The summed E-state index contributed by atoms with van der Waals surface area (Å²) in [7, 11) is 0. The minimum atomic E-state index is 0.385. The quantitative estimate of drug-likeness (QED) is 0.260. The van der Waals surface area contributed by atoms with Gasteiger partial charge < -0.3 is 15.8 Å². The zero-order valence-corrected chi connectivity index (χ0v) is 17.3. The van der Waals surface area contributed by atoms with E-state index in [9.17, 15) is 5.26 Å². The zero-order chi connectivity index (χ0) is 20.6. The fraction of sp³-hybridized carbons (Fsp3) is 0.0417. The van der Waals surface area contributed by atoms with Gasteiger partial charge in [0.1, 0.15) is 18.4 Å². The number of hydrogen-bond donors (Lipinski definition) is 2. The minimum absolute atomic E-state index is 0.385. The first-order chi connectivity index (χ1) is 14.1. The Labute approximate surface area is 179 Å². The largest absolute Gasteiger partial charge is 0.488 e. The number of nitrogens with two attached hydrogens (primary N) is 1. The van der Waals surface area contributed by atoms with Gasteiger partial charge in [-0.25, -0.2) is 0 Å². The van der Waals surface area contributed by atoms with Crippen LogP contribution >= 0.6 is 15.9 Å². The average molecular weight is 446 g/mol. The first kappa shape index (κ1) is 20.2. The predicted octanol–water partition coefficient (Wildman–Crippen LogP) is 6.14. The molecule has 3 aromatic carbocycles. The molecule has 0 unspecified atom stereocenters. The molecule has 3 rings (SSSR count). The van der Waals surface area contributed by atoms with Crippen LogP contribution in [0.3, 0.4) is 0 Å². The third kappa shape index (κ3) is 5.50. The van der Waals surface area contributed by atoms with E-state index in [2.05, 4.69) is 33.9 Å². The summed E-state index contributed by atoms with van der Waals surface area (Å²) in [5.74, 6) is 0.678. The van der Waals surface area contributed by atoms with Gasteiger partial charge in [-0.3, -0.25) is 0 Å². The number of allylic oxidation sites excluding steroid dienone is 1. The second-order valence-corrected chi connectivity index (χ2v) is 7.23. The second kappa shape index (κ2) is 9.63. The molecule has 0 atom stereocenters. The molecule has 144 valence electrons. The van der Waals surface area contributed by atoms with E-state index in [1.54, 1.807) is 12.1 Å². The van der Waals surface area contributed by atoms with Crippen LogP contribution in [0.1, 0.15) is 11.1 Å². The Morgan fingerprint density at radius 2 is 1.83 bits per heavy atom. The molecule has 0 bridgehead atoms. The molecule has 0 aromatic heterocycles. The number of anilines is 2. The molecule has 0 amide bonds. The summed E-state index contributed by atoms with van der Waals surface area (Å²) in [5, 5.41) is 12.8. The van der Waals surface area contributed by atoms with E-state index in [0.29, 0.717) is 35.0 Å². The number of halogens is 1. The molecule has 0 radical (unpaired) electrons. The van der Waals surface area contributed by atoms with Crippen LogP contribution in [0.4, 0.5) is 11.4 Å². The van der Waals surface area contributed by atoms with Crippen molar-refractivity contribution in [3.63, 3.8) is 0 Å². The number of hydrogen-bond acceptors (Lipinski definition) is 4. The maximum absolute atomic E-state index is 9.67. The van der Waals surface area contributed by atoms with Crippen LogP contribution in [0.15, 0.2) is 95.1 Å². The number of ether oxygens (including phenoxy) is 1. The normalized spacial score (nSPS) is 10.8. The molecule has 0 aliphatic heterocycles. The van der Waals surface area contributed by atoms with Gasteiger partial charge in [0.05, 0.1) is 16.9 Å². The molecule has 3 N–H and O–H groups in total. The highest BCUT2D eigenvalue weighted by atomic mass is 79.9. The lowest BCUT2D eigenvalue weighted by Gasteiger charge is -2.13. The van der Waals surface area contributed by atoms with Crippen LogP contribution in [0.2, 0.25) is 0 Å². The maximum atomic E-state index is 9.67. The van der Waals surface area contributed by atoms with Crippen molar-refractivity contribution < 1.29 is 4.74 Å². The molecule has 0 aliphatic carbocycles. The lowest BCUT2D eigenvalue weighted by molar-refractivity contribution is 0.305. The molecule has 0 fully saturated rings. The van der Waals surface area contributed by atoms with Gasteiger partial charge in [-0.15, -0.1) is 0 Å². The van der Waals surface area contributed by atoms with E-state index in [0.717, 1.165) is 15.6 Å². The summed E-state index contributed by atoms with van der Waals surface area (Å²) in [6.07, 6.45) is 1.75. The first-order valence-electron chi connectivity index (χ1n) is 8.95. The molecule has 29 heavy (non-hydrogen) atoms. The molecule has 4 nitrogen and oxygen atoms in total. The van der Waals surface area contributed by atoms with Gasteiger partial charge in [0.15, 0.2) is 0 Å². The highest BCUT2D eigenvalue weighted by Crippen LogP contribution is 2.28. The lowest BCUT2D eigenvalue weighted by Crippen LogP contribution is -2.03. The number of nitrogens with one attached hydrogen (secondary N) is 1. The Morgan fingerprint density at radius 1 is 1.10 bits per heavy atom. The molecule has 0 heterocycles. The fourth-order valence-electron chi connectivity index (χ4n) is 2.68. The summed E-state index contributed by atoms with van der Waals surface area (Å²) in [6.45, 7) is 4.43. The summed E-state index contributed by atoms with van der Waals surface area (Å²) in [6, 6.07) is 25.1. The number of nitrogen functional groups attached to an aromatic ring is 1. The minimum Gasteiger partial charge on any atom is -0.488 e. The molecule has 0 aliphatic rings. The Hall–Kier alpha value is -3.49. The van der Waals surface area contributed by atoms with Crippen LogP contribution < -0.4 is 15.8 Å². The van der Waals surface area contributed by atoms with Crippen molar-refractivity contribution in [2.45, 2.75) is 6.61 Å². The van der Waals surface area contributed by atoms with Crippen molar-refractivity contribution in [1.82, 2.24) is 0 Å². The Morgan fingerprint density at radius 3 is 2.55 bits per heavy atom. The van der Waals surface area contributed by atoms with Gasteiger partial charge in [0.25, 0.3) is 0 Å². The van der Waals surface area contributed by atoms with E-state index in [4.69, 9.17) is 10.5 Å². The van der Waals surface area contributed by atoms with Crippen LogP contribution in [-0.2, 0) is 6.61 Å². The molecule has 5 heteroatoms. The van der Waals surface area contributed by atoms with Gasteiger partial charge >= 0.3 is 0 Å². The molecular weight excluding hydrogens is 426 g/mol. The van der Waals surface area contributed by atoms with Crippen molar-refractivity contribution in [3.8, 4) is 11.8 Å². The van der Waals surface area contributed by atoms with E-state index < -0.39 is 0 Å². The zero-order valence-electron chi connectivity index (χ0n) is 15.7. The summed E-state index contributed by atoms with van der Waals surface area (Å²) in [5.41, 5.74) is 9.94. The van der Waals surface area contributed by atoms with E-state index in [-0.39, 0.29) is 0 Å². The van der Waals surface area contributed by atoms with Crippen molar-refractivity contribution in [1.29, 1.82) is 5.26 Å². The highest BCUT2D eigenvalue weighted by molar-refractivity contribution is 9.10. The number of benzene rings is 3. The number of nitrogens with zero attached hydrogens (tertiary/aromatic N) is 1. The monoisotopic (exact) mass is 445 g/mol. The van der Waals surface area contributed by atoms with E-state index in [1.165, 1.54) is 0 Å². The molecule has 3 aromatic rings. The highest BCUT2D eigenvalue weighted by Gasteiger charge is 2.09.